The van der Waals surface area contributed by atoms with Crippen LogP contribution in [0.5, 0.6) is 0 Å². The normalized spacial score (nSPS) is 26.2. The third-order valence-electron chi connectivity index (χ3n) is 3.95. The zero-order valence-electron chi connectivity index (χ0n) is 12.6. The van der Waals surface area contributed by atoms with Crippen LogP contribution in [-0.2, 0) is 14.3 Å². The molecule has 0 radical (unpaired) electrons. The lowest BCUT2D eigenvalue weighted by Crippen LogP contribution is -2.43. The van der Waals surface area contributed by atoms with E-state index in [1.807, 2.05) is 25.1 Å². The first-order chi connectivity index (χ1) is 11.1. The molecule has 4 nitrogen and oxygen atoms in total. The molecule has 1 aliphatic heterocycles. The van der Waals surface area contributed by atoms with Gasteiger partial charge in [0.1, 0.15) is 5.92 Å². The zero-order valence-corrected chi connectivity index (χ0v) is 13.3. The monoisotopic (exact) mass is 329 g/mol. The van der Waals surface area contributed by atoms with Gasteiger partial charge in [-0.15, -0.1) is 0 Å². The average Bonchev–Trinajstić information content (AvgIpc) is 2.79. The summed E-state index contributed by atoms with van der Waals surface area (Å²) in [6, 6.07) is 7.29. The van der Waals surface area contributed by atoms with E-state index >= 15 is 0 Å². The van der Waals surface area contributed by atoms with E-state index < -0.39 is 17.4 Å². The largest absolute Gasteiger partial charge is 0.480 e. The molecule has 1 saturated heterocycles. The third kappa shape index (κ3) is 2.70. The van der Waals surface area contributed by atoms with Gasteiger partial charge < -0.3 is 4.74 Å². The summed E-state index contributed by atoms with van der Waals surface area (Å²) in [5.74, 6) is -1.45. The molecule has 0 spiro atoms. The molecule has 2 aliphatic rings. The highest BCUT2D eigenvalue weighted by molar-refractivity contribution is 6.30. The highest BCUT2D eigenvalue weighted by atomic mass is 35.5. The van der Waals surface area contributed by atoms with Gasteiger partial charge in [-0.25, -0.2) is 0 Å². The van der Waals surface area contributed by atoms with E-state index in [0.29, 0.717) is 5.02 Å². The smallest absolute Gasteiger partial charge is 0.276 e. The SMILES string of the molecule is CCC=COC12C=C(c3ccc(Cl)cc3)C=CC1C(=O)NC2=O. The summed E-state index contributed by atoms with van der Waals surface area (Å²) in [6.45, 7) is 1.96. The number of fused-ring (bicyclic) bond motifs is 1. The highest BCUT2D eigenvalue weighted by Crippen LogP contribution is 2.38. The number of allylic oxidation sites excluding steroid dienone is 3. The van der Waals surface area contributed by atoms with Crippen molar-refractivity contribution in [3.05, 3.63) is 65.4 Å². The van der Waals surface area contributed by atoms with Crippen LogP contribution in [0.4, 0.5) is 0 Å². The molecule has 3 rings (SSSR count). The Morgan fingerprint density at radius 1 is 1.30 bits per heavy atom. The van der Waals surface area contributed by atoms with Crippen LogP contribution >= 0.6 is 11.6 Å². The van der Waals surface area contributed by atoms with Crippen molar-refractivity contribution in [1.29, 1.82) is 0 Å². The molecular weight excluding hydrogens is 314 g/mol. The van der Waals surface area contributed by atoms with Gasteiger partial charge >= 0.3 is 0 Å². The van der Waals surface area contributed by atoms with Gasteiger partial charge in [-0.1, -0.05) is 48.9 Å². The van der Waals surface area contributed by atoms with E-state index in [1.54, 1.807) is 30.4 Å². The Balaban J connectivity index is 2.03. The van der Waals surface area contributed by atoms with Gasteiger partial charge in [0.25, 0.3) is 5.91 Å². The fraction of sp³-hybridized carbons (Fsp3) is 0.222. The van der Waals surface area contributed by atoms with Crippen LogP contribution in [0.15, 0.2) is 54.8 Å². The summed E-state index contributed by atoms with van der Waals surface area (Å²) >= 11 is 5.91. The summed E-state index contributed by atoms with van der Waals surface area (Å²) in [4.78, 5) is 24.4. The molecule has 1 aromatic carbocycles. The van der Waals surface area contributed by atoms with Gasteiger partial charge in [-0.05, 0) is 35.8 Å². The van der Waals surface area contributed by atoms with Crippen LogP contribution in [0, 0.1) is 5.92 Å². The second-order valence-corrected chi connectivity index (χ2v) is 5.89. The number of hydrogen-bond acceptors (Lipinski definition) is 3. The molecular formula is C18H16ClNO3. The molecule has 1 heterocycles. The molecule has 118 valence electrons. The van der Waals surface area contributed by atoms with Crippen LogP contribution in [0.3, 0.4) is 0 Å². The van der Waals surface area contributed by atoms with Crippen LogP contribution in [0.2, 0.25) is 5.02 Å². The highest BCUT2D eigenvalue weighted by Gasteiger charge is 2.56. The standard InChI is InChI=1S/C18H16ClNO3/c1-2-3-10-23-18-11-13(12-4-7-14(19)8-5-12)6-9-15(18)16(21)20-17(18)22/h3-11,15H,2H2,1H3,(H,20,21,22). The maximum absolute atomic E-state index is 12.4. The van der Waals surface area contributed by atoms with Crippen molar-refractivity contribution in [2.24, 2.45) is 5.92 Å². The molecule has 1 aliphatic carbocycles. The lowest BCUT2D eigenvalue weighted by molar-refractivity contribution is -0.133. The number of carbonyl (C=O) groups is 2. The lowest BCUT2D eigenvalue weighted by Gasteiger charge is -2.29. The number of imide groups is 1. The molecule has 2 amide bonds. The van der Waals surface area contributed by atoms with Crippen molar-refractivity contribution < 1.29 is 14.3 Å². The number of rotatable bonds is 4. The number of carbonyl (C=O) groups excluding carboxylic acids is 2. The van der Waals surface area contributed by atoms with Crippen molar-refractivity contribution in [3.63, 3.8) is 0 Å². The average molecular weight is 330 g/mol. The van der Waals surface area contributed by atoms with E-state index in [4.69, 9.17) is 16.3 Å². The number of amides is 2. The lowest BCUT2D eigenvalue weighted by atomic mass is 9.81. The minimum absolute atomic E-state index is 0.345. The Bertz CT molecular complexity index is 733. The first kappa shape index (κ1) is 15.6. The summed E-state index contributed by atoms with van der Waals surface area (Å²) < 4.78 is 5.73. The molecule has 0 aromatic heterocycles. The van der Waals surface area contributed by atoms with Crippen molar-refractivity contribution in [1.82, 2.24) is 5.32 Å². The van der Waals surface area contributed by atoms with Crippen LogP contribution in [-0.4, -0.2) is 17.4 Å². The second-order valence-electron chi connectivity index (χ2n) is 5.45. The number of halogens is 1. The number of ether oxygens (including phenoxy) is 1. The Morgan fingerprint density at radius 2 is 2.04 bits per heavy atom. The number of hydrogen-bond donors (Lipinski definition) is 1. The first-order valence-electron chi connectivity index (χ1n) is 7.42. The molecule has 1 aromatic rings. The number of nitrogens with one attached hydrogen (secondary N) is 1. The molecule has 2 atom stereocenters. The molecule has 0 saturated carbocycles. The molecule has 5 heteroatoms. The van der Waals surface area contributed by atoms with Gasteiger partial charge in [0.15, 0.2) is 0 Å². The third-order valence-corrected chi connectivity index (χ3v) is 4.20. The van der Waals surface area contributed by atoms with Crippen molar-refractivity contribution in [2.45, 2.75) is 18.9 Å². The van der Waals surface area contributed by atoms with Gasteiger partial charge in [-0.3, -0.25) is 14.9 Å². The van der Waals surface area contributed by atoms with Crippen molar-refractivity contribution in [3.8, 4) is 0 Å². The minimum atomic E-state index is -1.33. The van der Waals surface area contributed by atoms with E-state index in [0.717, 1.165) is 17.6 Å². The molecule has 1 fully saturated rings. The Morgan fingerprint density at radius 3 is 2.74 bits per heavy atom. The van der Waals surface area contributed by atoms with E-state index in [9.17, 15) is 9.59 Å². The Kier molecular flexibility index (Phi) is 4.09. The van der Waals surface area contributed by atoms with E-state index in [1.165, 1.54) is 6.26 Å². The predicted octanol–water partition coefficient (Wildman–Crippen LogP) is 3.24. The molecule has 1 N–H and O–H groups in total. The quantitative estimate of drug-likeness (QED) is 0.681. The van der Waals surface area contributed by atoms with Gasteiger partial charge in [0.05, 0.1) is 6.26 Å². The van der Waals surface area contributed by atoms with Gasteiger partial charge in [0, 0.05) is 5.02 Å². The molecule has 2 unspecified atom stereocenters. The second kappa shape index (κ2) is 6.05. The van der Waals surface area contributed by atoms with Gasteiger partial charge in [-0.2, -0.15) is 0 Å². The Hall–Kier alpha value is -2.33. The fourth-order valence-electron chi connectivity index (χ4n) is 2.73. The summed E-state index contributed by atoms with van der Waals surface area (Å²) in [7, 11) is 0. The van der Waals surface area contributed by atoms with E-state index in [-0.39, 0.29) is 5.91 Å². The van der Waals surface area contributed by atoms with Crippen LogP contribution in [0.1, 0.15) is 18.9 Å². The summed E-state index contributed by atoms with van der Waals surface area (Å²) in [5, 5.41) is 2.99. The molecule has 23 heavy (non-hydrogen) atoms. The first-order valence-corrected chi connectivity index (χ1v) is 7.80. The Labute approximate surface area is 139 Å². The predicted molar refractivity (Wildman–Crippen MR) is 88.5 cm³/mol. The van der Waals surface area contributed by atoms with E-state index in [2.05, 4.69) is 5.32 Å². The van der Waals surface area contributed by atoms with Crippen LogP contribution < -0.4 is 5.32 Å². The maximum atomic E-state index is 12.4. The topological polar surface area (TPSA) is 55.4 Å². The number of benzene rings is 1. The summed E-state index contributed by atoms with van der Waals surface area (Å²) in [6.07, 6.45) is 9.32. The minimum Gasteiger partial charge on any atom is -0.480 e. The van der Waals surface area contributed by atoms with Crippen molar-refractivity contribution >= 4 is 29.0 Å². The van der Waals surface area contributed by atoms with Gasteiger partial charge in [0.2, 0.25) is 11.5 Å². The fourth-order valence-corrected chi connectivity index (χ4v) is 2.85. The summed E-state index contributed by atoms with van der Waals surface area (Å²) in [5.41, 5.74) is 0.387. The van der Waals surface area contributed by atoms with Crippen LogP contribution in [0.25, 0.3) is 5.57 Å². The zero-order chi connectivity index (χ0) is 16.4. The van der Waals surface area contributed by atoms with Crippen molar-refractivity contribution in [2.75, 3.05) is 0 Å². The molecule has 0 bridgehead atoms. The maximum Gasteiger partial charge on any atom is 0.276 e.